The minimum Gasteiger partial charge on any atom is -0.314 e. The fraction of sp³-hybridized carbons (Fsp3) is 0.111. The molecular formula is C9H8N4O4. The van der Waals surface area contributed by atoms with E-state index in [-0.39, 0.29) is 17.5 Å². The van der Waals surface area contributed by atoms with Crippen molar-refractivity contribution in [2.75, 3.05) is 0 Å². The summed E-state index contributed by atoms with van der Waals surface area (Å²) in [5.41, 5.74) is -1.92. The van der Waals surface area contributed by atoms with Crippen molar-refractivity contribution in [1.29, 1.82) is 0 Å². The van der Waals surface area contributed by atoms with Crippen molar-refractivity contribution in [3.8, 4) is 0 Å². The molecule has 0 aliphatic carbocycles. The van der Waals surface area contributed by atoms with Gasteiger partial charge in [-0.15, -0.1) is 0 Å². The average molecular weight is 236 g/mol. The molecule has 0 saturated carbocycles. The standard InChI is InChI=1S/C9H8N4O4/c14-6-4(2-10-8(16)12-6)1-5-3-11-9(17)13-7(5)15/h2-3H,1H2,(H2,10,12,14,16)(H2,11,13,15,17). The van der Waals surface area contributed by atoms with E-state index in [1.807, 2.05) is 9.97 Å². The molecule has 0 amide bonds. The highest BCUT2D eigenvalue weighted by Crippen LogP contribution is 1.94. The maximum atomic E-state index is 11.4. The Balaban J connectivity index is 2.45. The van der Waals surface area contributed by atoms with Crippen molar-refractivity contribution in [2.45, 2.75) is 6.42 Å². The lowest BCUT2D eigenvalue weighted by atomic mass is 10.1. The molecule has 0 atom stereocenters. The molecule has 17 heavy (non-hydrogen) atoms. The summed E-state index contributed by atoms with van der Waals surface area (Å²) in [5, 5.41) is 0. The molecule has 0 aliphatic heterocycles. The fourth-order valence-electron chi connectivity index (χ4n) is 1.34. The van der Waals surface area contributed by atoms with Crippen LogP contribution in [-0.4, -0.2) is 19.9 Å². The monoisotopic (exact) mass is 236 g/mol. The first kappa shape index (κ1) is 10.9. The molecule has 2 heterocycles. The second-order valence-electron chi connectivity index (χ2n) is 3.37. The van der Waals surface area contributed by atoms with Crippen LogP contribution in [0.2, 0.25) is 0 Å². The number of H-pyrrole nitrogens is 4. The van der Waals surface area contributed by atoms with Gasteiger partial charge in [0.05, 0.1) is 0 Å². The SMILES string of the molecule is O=c1[nH]cc(Cc2c[nH]c(=O)[nH]c2=O)c(=O)[nH]1. The van der Waals surface area contributed by atoms with Gasteiger partial charge in [0.1, 0.15) is 0 Å². The van der Waals surface area contributed by atoms with E-state index >= 15 is 0 Å². The Bertz CT molecular complexity index is 698. The van der Waals surface area contributed by atoms with Crippen LogP contribution < -0.4 is 22.5 Å². The lowest BCUT2D eigenvalue weighted by Crippen LogP contribution is -2.28. The van der Waals surface area contributed by atoms with Crippen LogP contribution in [0.4, 0.5) is 0 Å². The highest BCUT2D eigenvalue weighted by atomic mass is 16.2. The molecule has 4 N–H and O–H groups in total. The normalized spacial score (nSPS) is 10.4. The van der Waals surface area contributed by atoms with Gasteiger partial charge in [-0.1, -0.05) is 0 Å². The third kappa shape index (κ3) is 2.30. The third-order valence-corrected chi connectivity index (χ3v) is 2.17. The molecule has 2 aromatic rings. The molecule has 0 unspecified atom stereocenters. The summed E-state index contributed by atoms with van der Waals surface area (Å²) in [7, 11) is 0. The van der Waals surface area contributed by atoms with E-state index in [1.54, 1.807) is 0 Å². The van der Waals surface area contributed by atoms with Crippen molar-refractivity contribution < 1.29 is 0 Å². The molecule has 0 spiro atoms. The van der Waals surface area contributed by atoms with Gasteiger partial charge in [0.25, 0.3) is 11.1 Å². The summed E-state index contributed by atoms with van der Waals surface area (Å²) < 4.78 is 0. The molecule has 0 aliphatic rings. The van der Waals surface area contributed by atoms with E-state index in [4.69, 9.17) is 0 Å². The topological polar surface area (TPSA) is 131 Å². The van der Waals surface area contributed by atoms with Gasteiger partial charge in [0, 0.05) is 29.9 Å². The summed E-state index contributed by atoms with van der Waals surface area (Å²) >= 11 is 0. The Hall–Kier alpha value is -2.64. The number of hydrogen-bond donors (Lipinski definition) is 4. The van der Waals surface area contributed by atoms with E-state index in [2.05, 4.69) is 9.97 Å². The van der Waals surface area contributed by atoms with Gasteiger partial charge >= 0.3 is 11.4 Å². The first-order valence-corrected chi connectivity index (χ1v) is 4.68. The Morgan fingerprint density at radius 1 is 0.765 bits per heavy atom. The van der Waals surface area contributed by atoms with Crippen LogP contribution in [0.3, 0.4) is 0 Å². The summed E-state index contributed by atoms with van der Waals surface area (Å²) in [5.74, 6) is 0. The van der Waals surface area contributed by atoms with Crippen LogP contribution in [0.25, 0.3) is 0 Å². The largest absolute Gasteiger partial charge is 0.325 e. The van der Waals surface area contributed by atoms with Crippen molar-refractivity contribution in [3.63, 3.8) is 0 Å². The number of rotatable bonds is 2. The van der Waals surface area contributed by atoms with Crippen LogP contribution in [0.5, 0.6) is 0 Å². The molecule has 2 aromatic heterocycles. The molecule has 8 nitrogen and oxygen atoms in total. The first-order chi connectivity index (χ1) is 8.06. The number of aromatic amines is 4. The Morgan fingerprint density at radius 3 is 1.53 bits per heavy atom. The van der Waals surface area contributed by atoms with Gasteiger partial charge in [-0.3, -0.25) is 19.6 Å². The lowest BCUT2D eigenvalue weighted by Gasteiger charge is -1.98. The van der Waals surface area contributed by atoms with Crippen LogP contribution in [-0.2, 0) is 6.42 Å². The molecule has 0 radical (unpaired) electrons. The first-order valence-electron chi connectivity index (χ1n) is 4.68. The highest BCUT2D eigenvalue weighted by molar-refractivity contribution is 5.16. The highest BCUT2D eigenvalue weighted by Gasteiger charge is 2.05. The summed E-state index contributed by atoms with van der Waals surface area (Å²) in [6.45, 7) is 0. The number of aromatic nitrogens is 4. The lowest BCUT2D eigenvalue weighted by molar-refractivity contribution is 0.936. The smallest absolute Gasteiger partial charge is 0.314 e. The van der Waals surface area contributed by atoms with Crippen LogP contribution in [0.15, 0.2) is 31.6 Å². The van der Waals surface area contributed by atoms with Crippen molar-refractivity contribution in [2.24, 2.45) is 0 Å². The van der Waals surface area contributed by atoms with E-state index in [1.165, 1.54) is 12.4 Å². The summed E-state index contributed by atoms with van der Waals surface area (Å²) in [6, 6.07) is 0. The van der Waals surface area contributed by atoms with Crippen molar-refractivity contribution in [3.05, 3.63) is 65.2 Å². The Kier molecular flexibility index (Phi) is 2.61. The minimum atomic E-state index is -0.617. The molecule has 0 fully saturated rings. The number of hydrogen-bond acceptors (Lipinski definition) is 4. The minimum absolute atomic E-state index is 0.0121. The molecule has 8 heteroatoms. The van der Waals surface area contributed by atoms with Crippen LogP contribution >= 0.6 is 0 Å². The van der Waals surface area contributed by atoms with Crippen LogP contribution in [0, 0.1) is 0 Å². The Morgan fingerprint density at radius 2 is 1.18 bits per heavy atom. The number of nitrogens with one attached hydrogen (secondary N) is 4. The summed E-state index contributed by atoms with van der Waals surface area (Å²) in [6.07, 6.45) is 2.47. The van der Waals surface area contributed by atoms with E-state index in [0.717, 1.165) is 0 Å². The van der Waals surface area contributed by atoms with Gasteiger partial charge in [0.15, 0.2) is 0 Å². The molecule has 88 valence electrons. The predicted octanol–water partition coefficient (Wildman–Crippen LogP) is -1.97. The maximum Gasteiger partial charge on any atom is 0.325 e. The van der Waals surface area contributed by atoms with Gasteiger partial charge < -0.3 is 9.97 Å². The zero-order valence-corrected chi connectivity index (χ0v) is 8.49. The average Bonchev–Trinajstić information content (AvgIpc) is 2.25. The maximum absolute atomic E-state index is 11.4. The van der Waals surface area contributed by atoms with Crippen molar-refractivity contribution in [1.82, 2.24) is 19.9 Å². The molecule has 0 bridgehead atoms. The zero-order valence-electron chi connectivity index (χ0n) is 8.49. The van der Waals surface area contributed by atoms with Crippen LogP contribution in [0.1, 0.15) is 11.1 Å². The second kappa shape index (κ2) is 4.08. The van der Waals surface area contributed by atoms with Gasteiger partial charge in [0.2, 0.25) is 0 Å². The predicted molar refractivity (Wildman–Crippen MR) is 58.2 cm³/mol. The second-order valence-corrected chi connectivity index (χ2v) is 3.37. The van der Waals surface area contributed by atoms with Gasteiger partial charge in [-0.05, 0) is 0 Å². The van der Waals surface area contributed by atoms with Gasteiger partial charge in [-0.2, -0.15) is 0 Å². The Labute approximate surface area is 92.4 Å². The third-order valence-electron chi connectivity index (χ3n) is 2.17. The van der Waals surface area contributed by atoms with E-state index in [0.29, 0.717) is 0 Å². The van der Waals surface area contributed by atoms with E-state index in [9.17, 15) is 19.2 Å². The molecular weight excluding hydrogens is 228 g/mol. The van der Waals surface area contributed by atoms with E-state index < -0.39 is 22.5 Å². The molecule has 2 rings (SSSR count). The van der Waals surface area contributed by atoms with Crippen molar-refractivity contribution >= 4 is 0 Å². The summed E-state index contributed by atoms with van der Waals surface area (Å²) in [4.78, 5) is 53.0. The quantitative estimate of drug-likeness (QED) is 0.481. The zero-order chi connectivity index (χ0) is 12.4. The fourth-order valence-corrected chi connectivity index (χ4v) is 1.34. The molecule has 0 aromatic carbocycles. The van der Waals surface area contributed by atoms with Gasteiger partial charge in [-0.25, -0.2) is 9.59 Å². The molecule has 0 saturated heterocycles.